The van der Waals surface area contributed by atoms with Gasteiger partial charge in [-0.05, 0) is 54.6 Å². The number of piperidine rings is 1. The lowest BCUT2D eigenvalue weighted by molar-refractivity contribution is -0.136. The van der Waals surface area contributed by atoms with E-state index in [1.54, 1.807) is 17.7 Å². The van der Waals surface area contributed by atoms with Crippen LogP contribution in [0.2, 0.25) is 0 Å². The average Bonchev–Trinajstić information content (AvgIpc) is 2.59. The topological polar surface area (TPSA) is 62.5 Å². The van der Waals surface area contributed by atoms with Crippen LogP contribution in [0.1, 0.15) is 35.4 Å². The largest absolute Gasteiger partial charge is 0.481 e. The fourth-order valence-electron chi connectivity index (χ4n) is 3.44. The molecule has 3 rings (SSSR count). The molecule has 0 atom stereocenters. The van der Waals surface area contributed by atoms with Crippen molar-refractivity contribution in [1.29, 1.82) is 0 Å². The minimum Gasteiger partial charge on any atom is -0.481 e. The summed E-state index contributed by atoms with van der Waals surface area (Å²) in [6.45, 7) is 2.91. The van der Waals surface area contributed by atoms with Crippen LogP contribution in [-0.4, -0.2) is 33.6 Å². The Morgan fingerprint density at radius 1 is 1.12 bits per heavy atom. The van der Waals surface area contributed by atoms with E-state index in [2.05, 4.69) is 11.0 Å². The number of aromatic nitrogens is 1. The van der Waals surface area contributed by atoms with Gasteiger partial charge in [-0.2, -0.15) is 0 Å². The summed E-state index contributed by atoms with van der Waals surface area (Å²) in [7, 11) is 1.77. The molecule has 2 aromatic rings. The number of carboxylic acids is 1. The summed E-state index contributed by atoms with van der Waals surface area (Å²) in [6.07, 6.45) is 4.04. The zero-order valence-corrected chi connectivity index (χ0v) is 14.5. The SMILES string of the molecule is Cn1ccc(C2CCN(Cc3ccc(CC(=O)O)cc3)CC2)cc1=O. The second-order valence-electron chi connectivity index (χ2n) is 6.85. The van der Waals surface area contributed by atoms with Crippen molar-refractivity contribution in [1.82, 2.24) is 9.47 Å². The standard InChI is InChI=1S/C20H24N2O3/c1-21-9-6-18(13-19(21)23)17-7-10-22(11-8-17)14-16-4-2-15(3-5-16)12-20(24)25/h2-6,9,13,17H,7-8,10-12,14H2,1H3,(H,24,25). The summed E-state index contributed by atoms with van der Waals surface area (Å²) < 4.78 is 1.60. The third-order valence-corrected chi connectivity index (χ3v) is 4.97. The van der Waals surface area contributed by atoms with Crippen LogP contribution in [0.15, 0.2) is 47.4 Å². The highest BCUT2D eigenvalue weighted by atomic mass is 16.4. The molecular weight excluding hydrogens is 316 g/mol. The van der Waals surface area contributed by atoms with Gasteiger partial charge in [0.05, 0.1) is 6.42 Å². The first-order chi connectivity index (χ1) is 12.0. The highest BCUT2D eigenvalue weighted by Gasteiger charge is 2.21. The molecule has 1 aliphatic heterocycles. The van der Waals surface area contributed by atoms with Crippen molar-refractivity contribution in [3.8, 4) is 0 Å². The molecule has 132 valence electrons. The van der Waals surface area contributed by atoms with Crippen molar-refractivity contribution in [2.45, 2.75) is 31.7 Å². The molecule has 5 heteroatoms. The van der Waals surface area contributed by atoms with Gasteiger partial charge in [0.25, 0.3) is 5.56 Å². The van der Waals surface area contributed by atoms with E-state index in [0.717, 1.165) is 43.6 Å². The fourth-order valence-corrected chi connectivity index (χ4v) is 3.44. The van der Waals surface area contributed by atoms with Crippen LogP contribution in [0.4, 0.5) is 0 Å². The molecule has 1 saturated heterocycles. The molecule has 1 aliphatic rings. The van der Waals surface area contributed by atoms with Crippen LogP contribution in [0, 0.1) is 0 Å². The molecule has 0 aliphatic carbocycles. The number of likely N-dealkylation sites (tertiary alicyclic amines) is 1. The number of carbonyl (C=O) groups is 1. The van der Waals surface area contributed by atoms with Gasteiger partial charge in [-0.25, -0.2) is 0 Å². The van der Waals surface area contributed by atoms with Crippen molar-refractivity contribution < 1.29 is 9.90 Å². The molecule has 0 amide bonds. The van der Waals surface area contributed by atoms with Gasteiger partial charge in [-0.1, -0.05) is 24.3 Å². The Kier molecular flexibility index (Phi) is 5.34. The minimum atomic E-state index is -0.800. The number of rotatable bonds is 5. The highest BCUT2D eigenvalue weighted by molar-refractivity contribution is 5.70. The van der Waals surface area contributed by atoms with E-state index in [1.165, 1.54) is 5.56 Å². The molecule has 0 saturated carbocycles. The molecule has 5 nitrogen and oxygen atoms in total. The molecule has 0 radical (unpaired) electrons. The number of pyridine rings is 1. The number of benzene rings is 1. The first kappa shape index (κ1) is 17.4. The lowest BCUT2D eigenvalue weighted by Crippen LogP contribution is -2.32. The molecule has 0 bridgehead atoms. The predicted molar refractivity (Wildman–Crippen MR) is 96.7 cm³/mol. The third kappa shape index (κ3) is 4.57. The van der Waals surface area contributed by atoms with Gasteiger partial charge in [0.2, 0.25) is 0 Å². The summed E-state index contributed by atoms with van der Waals surface area (Å²) in [5.74, 6) is -0.339. The second-order valence-corrected chi connectivity index (χ2v) is 6.85. The van der Waals surface area contributed by atoms with Gasteiger partial charge < -0.3 is 9.67 Å². The fraction of sp³-hybridized carbons (Fsp3) is 0.400. The van der Waals surface area contributed by atoms with Crippen molar-refractivity contribution >= 4 is 5.97 Å². The normalized spacial score (nSPS) is 16.0. The molecule has 1 aromatic carbocycles. The van der Waals surface area contributed by atoms with Crippen LogP contribution in [-0.2, 0) is 24.8 Å². The maximum Gasteiger partial charge on any atom is 0.307 e. The Morgan fingerprint density at radius 3 is 2.36 bits per heavy atom. The van der Waals surface area contributed by atoms with E-state index in [-0.39, 0.29) is 12.0 Å². The van der Waals surface area contributed by atoms with E-state index >= 15 is 0 Å². The maximum absolute atomic E-state index is 11.8. The van der Waals surface area contributed by atoms with Crippen molar-refractivity contribution in [2.75, 3.05) is 13.1 Å². The first-order valence-corrected chi connectivity index (χ1v) is 8.70. The molecule has 0 spiro atoms. The van der Waals surface area contributed by atoms with Gasteiger partial charge >= 0.3 is 5.97 Å². The third-order valence-electron chi connectivity index (χ3n) is 4.97. The van der Waals surface area contributed by atoms with Gasteiger partial charge in [0.15, 0.2) is 0 Å². The van der Waals surface area contributed by atoms with Crippen molar-refractivity contribution in [2.24, 2.45) is 7.05 Å². The number of aliphatic carboxylic acids is 1. The second kappa shape index (κ2) is 7.66. The quantitative estimate of drug-likeness (QED) is 0.908. The van der Waals surface area contributed by atoms with E-state index in [9.17, 15) is 9.59 Å². The van der Waals surface area contributed by atoms with Gasteiger partial charge in [0, 0.05) is 25.9 Å². The van der Waals surface area contributed by atoms with Crippen molar-refractivity contribution in [3.05, 3.63) is 69.6 Å². The van der Waals surface area contributed by atoms with Gasteiger partial charge in [0.1, 0.15) is 0 Å². The summed E-state index contributed by atoms with van der Waals surface area (Å²) in [5.41, 5.74) is 3.25. The highest BCUT2D eigenvalue weighted by Crippen LogP contribution is 2.27. The van der Waals surface area contributed by atoms with E-state index in [1.807, 2.05) is 30.5 Å². The molecule has 1 N–H and O–H groups in total. The van der Waals surface area contributed by atoms with Crippen LogP contribution < -0.4 is 5.56 Å². The van der Waals surface area contributed by atoms with Crippen LogP contribution in [0.5, 0.6) is 0 Å². The Bertz CT molecular complexity index is 787. The summed E-state index contributed by atoms with van der Waals surface area (Å²) in [6, 6.07) is 11.7. The van der Waals surface area contributed by atoms with Crippen LogP contribution in [0.3, 0.4) is 0 Å². The Morgan fingerprint density at radius 2 is 1.76 bits per heavy atom. The number of hydrogen-bond acceptors (Lipinski definition) is 3. The zero-order valence-electron chi connectivity index (χ0n) is 14.5. The van der Waals surface area contributed by atoms with Crippen molar-refractivity contribution in [3.63, 3.8) is 0 Å². The summed E-state index contributed by atoms with van der Waals surface area (Å²) in [4.78, 5) is 24.9. The smallest absolute Gasteiger partial charge is 0.307 e. The number of hydrogen-bond donors (Lipinski definition) is 1. The molecular formula is C20H24N2O3. The number of nitrogens with zero attached hydrogens (tertiary/aromatic N) is 2. The lowest BCUT2D eigenvalue weighted by atomic mass is 9.90. The van der Waals surface area contributed by atoms with E-state index in [0.29, 0.717) is 5.92 Å². The maximum atomic E-state index is 11.8. The molecule has 1 aromatic heterocycles. The first-order valence-electron chi connectivity index (χ1n) is 8.70. The predicted octanol–water partition coefficient (Wildman–Crippen LogP) is 2.39. The summed E-state index contributed by atoms with van der Waals surface area (Å²) >= 11 is 0. The number of aryl methyl sites for hydroxylation is 1. The Balaban J connectivity index is 1.54. The monoisotopic (exact) mass is 340 g/mol. The Labute approximate surface area is 147 Å². The summed E-state index contributed by atoms with van der Waals surface area (Å²) in [5, 5.41) is 8.82. The van der Waals surface area contributed by atoms with E-state index < -0.39 is 5.97 Å². The van der Waals surface area contributed by atoms with Gasteiger partial charge in [-0.3, -0.25) is 14.5 Å². The average molecular weight is 340 g/mol. The van der Waals surface area contributed by atoms with Gasteiger partial charge in [-0.15, -0.1) is 0 Å². The van der Waals surface area contributed by atoms with Crippen LogP contribution in [0.25, 0.3) is 0 Å². The van der Waals surface area contributed by atoms with Crippen LogP contribution >= 0.6 is 0 Å². The number of carboxylic acid groups (broad SMARTS) is 1. The molecule has 25 heavy (non-hydrogen) atoms. The molecule has 2 heterocycles. The van der Waals surface area contributed by atoms with E-state index in [4.69, 9.17) is 5.11 Å². The zero-order chi connectivity index (χ0) is 17.8. The lowest BCUT2D eigenvalue weighted by Gasteiger charge is -2.32. The minimum absolute atomic E-state index is 0.0568. The molecule has 1 fully saturated rings. The molecule has 0 unspecified atom stereocenters. The Hall–Kier alpha value is -2.40.